The van der Waals surface area contributed by atoms with E-state index in [1.165, 1.54) is 0 Å². The van der Waals surface area contributed by atoms with Crippen LogP contribution < -0.4 is 14.8 Å². The Morgan fingerprint density at radius 2 is 1.79 bits per heavy atom. The summed E-state index contributed by atoms with van der Waals surface area (Å²) in [5.41, 5.74) is 2.44. The Bertz CT molecular complexity index is 1100. The minimum Gasteiger partial charge on any atom is -0.492 e. The van der Waals surface area contributed by atoms with Crippen molar-refractivity contribution in [1.29, 1.82) is 0 Å². The number of rotatable bonds is 8. The molecule has 0 fully saturated rings. The fourth-order valence-corrected chi connectivity index (χ4v) is 4.31. The molecule has 2 aromatic carbocycles. The van der Waals surface area contributed by atoms with Crippen molar-refractivity contribution in [1.82, 2.24) is 14.9 Å². The zero-order valence-corrected chi connectivity index (χ0v) is 17.5. The molecule has 0 spiro atoms. The van der Waals surface area contributed by atoms with Crippen molar-refractivity contribution in [2.45, 2.75) is 18.2 Å². The van der Waals surface area contributed by atoms with Gasteiger partial charge < -0.3 is 4.74 Å². The third kappa shape index (κ3) is 5.59. The molecule has 0 aliphatic heterocycles. The molecule has 3 rings (SSSR count). The van der Waals surface area contributed by atoms with Gasteiger partial charge in [0.05, 0.1) is 0 Å². The van der Waals surface area contributed by atoms with Gasteiger partial charge in [0, 0.05) is 12.1 Å². The summed E-state index contributed by atoms with van der Waals surface area (Å²) < 4.78 is 32.4. The van der Waals surface area contributed by atoms with Crippen LogP contribution >= 0.6 is 11.3 Å². The van der Waals surface area contributed by atoms with Gasteiger partial charge in [-0.3, -0.25) is 10.1 Å². The topological polar surface area (TPSA) is 110 Å². The number of carbonyl (C=O) groups is 1. The number of aromatic nitrogens is 2. The van der Waals surface area contributed by atoms with Gasteiger partial charge in [-0.25, -0.2) is 13.1 Å². The fourth-order valence-electron chi connectivity index (χ4n) is 2.36. The summed E-state index contributed by atoms with van der Waals surface area (Å²) >= 11 is 0.777. The first kappa shape index (κ1) is 20.9. The highest BCUT2D eigenvalue weighted by atomic mass is 32.2. The van der Waals surface area contributed by atoms with Crippen molar-refractivity contribution in [3.05, 3.63) is 65.2 Å². The molecule has 0 aliphatic carbocycles. The molecule has 0 saturated carbocycles. The highest BCUT2D eigenvalue weighted by Crippen LogP contribution is 2.20. The van der Waals surface area contributed by atoms with E-state index in [-0.39, 0.29) is 28.5 Å². The number of nitrogens with one attached hydrogen (secondary N) is 2. The number of carbonyl (C=O) groups excluding carboxylic acids is 1. The third-order valence-corrected chi connectivity index (χ3v) is 6.58. The highest BCUT2D eigenvalue weighted by Gasteiger charge is 2.21. The van der Waals surface area contributed by atoms with E-state index in [4.69, 9.17) is 4.74 Å². The Morgan fingerprint density at radius 1 is 1.07 bits per heavy atom. The van der Waals surface area contributed by atoms with Gasteiger partial charge in [0.2, 0.25) is 9.47 Å². The van der Waals surface area contributed by atoms with Crippen molar-refractivity contribution in [2.24, 2.45) is 0 Å². The second kappa shape index (κ2) is 9.12. The molecule has 0 saturated heterocycles. The molecule has 1 aromatic heterocycles. The molecule has 1 amide bonds. The van der Waals surface area contributed by atoms with Crippen LogP contribution in [0, 0.1) is 13.8 Å². The maximum absolute atomic E-state index is 12.3. The van der Waals surface area contributed by atoms with Gasteiger partial charge in [-0.1, -0.05) is 47.2 Å². The predicted octanol–water partition coefficient (Wildman–Crippen LogP) is 2.76. The Kier molecular flexibility index (Phi) is 6.57. The number of hydrogen-bond acceptors (Lipinski definition) is 7. The first-order valence-corrected chi connectivity index (χ1v) is 11.0. The van der Waals surface area contributed by atoms with Gasteiger partial charge in [0.25, 0.3) is 15.9 Å². The normalized spacial score (nSPS) is 11.2. The number of amides is 1. The lowest BCUT2D eigenvalue weighted by Crippen LogP contribution is -2.28. The molecule has 1 heterocycles. The number of nitrogens with zero attached hydrogens (tertiary/aromatic N) is 2. The van der Waals surface area contributed by atoms with Crippen LogP contribution in [0.3, 0.4) is 0 Å². The van der Waals surface area contributed by atoms with E-state index in [9.17, 15) is 13.2 Å². The van der Waals surface area contributed by atoms with Crippen LogP contribution in [0.25, 0.3) is 0 Å². The molecule has 0 bridgehead atoms. The summed E-state index contributed by atoms with van der Waals surface area (Å²) in [5, 5.41) is 10.1. The standard InChI is InChI=1S/C19H20N4O4S2/c1-13-7-9-15(10-8-13)17(24)21-18-22-23-19(28-18)29(25,26)20-11-12-27-16-6-4-3-5-14(16)2/h3-10,20H,11-12H2,1-2H3,(H,21,22,24). The van der Waals surface area contributed by atoms with Crippen molar-refractivity contribution >= 4 is 32.4 Å². The number of ether oxygens (including phenoxy) is 1. The van der Waals surface area contributed by atoms with E-state index in [1.54, 1.807) is 12.1 Å². The average Bonchev–Trinajstić information content (AvgIpc) is 3.16. The first-order valence-electron chi connectivity index (χ1n) is 8.75. The number of aryl methyl sites for hydroxylation is 2. The molecule has 0 unspecified atom stereocenters. The van der Waals surface area contributed by atoms with Gasteiger partial charge in [-0.2, -0.15) is 0 Å². The third-order valence-electron chi connectivity index (χ3n) is 3.92. The molecule has 29 heavy (non-hydrogen) atoms. The monoisotopic (exact) mass is 432 g/mol. The van der Waals surface area contributed by atoms with Gasteiger partial charge in [-0.15, -0.1) is 10.2 Å². The summed E-state index contributed by atoms with van der Waals surface area (Å²) in [4.78, 5) is 12.2. The summed E-state index contributed by atoms with van der Waals surface area (Å²) in [5.74, 6) is 0.313. The van der Waals surface area contributed by atoms with Crippen LogP contribution in [0.15, 0.2) is 52.9 Å². The average molecular weight is 433 g/mol. The zero-order valence-electron chi connectivity index (χ0n) is 15.9. The Labute approximate surface area is 173 Å². The van der Waals surface area contributed by atoms with Crippen LogP contribution in [0.4, 0.5) is 5.13 Å². The van der Waals surface area contributed by atoms with Crippen LogP contribution in [0.1, 0.15) is 21.5 Å². The molecule has 2 N–H and O–H groups in total. The Hall–Kier alpha value is -2.82. The van der Waals surface area contributed by atoms with Gasteiger partial charge in [0.15, 0.2) is 0 Å². The van der Waals surface area contributed by atoms with Crippen LogP contribution in [-0.4, -0.2) is 37.7 Å². The van der Waals surface area contributed by atoms with E-state index < -0.39 is 10.0 Å². The fraction of sp³-hybridized carbons (Fsp3) is 0.211. The van der Waals surface area contributed by atoms with Crippen molar-refractivity contribution in [3.63, 3.8) is 0 Å². The number of anilines is 1. The van der Waals surface area contributed by atoms with Crippen molar-refractivity contribution in [2.75, 3.05) is 18.5 Å². The van der Waals surface area contributed by atoms with Crippen LogP contribution in [0.2, 0.25) is 0 Å². The van der Waals surface area contributed by atoms with E-state index in [1.807, 2.05) is 50.2 Å². The summed E-state index contributed by atoms with van der Waals surface area (Å²) in [6.07, 6.45) is 0. The number of para-hydroxylation sites is 1. The van der Waals surface area contributed by atoms with E-state index in [2.05, 4.69) is 20.2 Å². The lowest BCUT2D eigenvalue weighted by Gasteiger charge is -2.09. The van der Waals surface area contributed by atoms with Crippen molar-refractivity contribution < 1.29 is 17.9 Å². The number of benzene rings is 2. The SMILES string of the molecule is Cc1ccc(C(=O)Nc2nnc(S(=O)(=O)NCCOc3ccccc3C)s2)cc1. The Morgan fingerprint density at radius 3 is 2.52 bits per heavy atom. The summed E-state index contributed by atoms with van der Waals surface area (Å²) in [6, 6.07) is 14.5. The molecule has 3 aromatic rings. The Balaban J connectivity index is 1.54. The second-order valence-electron chi connectivity index (χ2n) is 6.21. The zero-order chi connectivity index (χ0) is 20.9. The van der Waals surface area contributed by atoms with Gasteiger partial charge in [-0.05, 0) is 37.6 Å². The molecule has 8 nitrogen and oxygen atoms in total. The van der Waals surface area contributed by atoms with E-state index in [0.717, 1.165) is 22.5 Å². The van der Waals surface area contributed by atoms with Crippen molar-refractivity contribution in [3.8, 4) is 5.75 Å². The van der Waals surface area contributed by atoms with Crippen LogP contribution in [-0.2, 0) is 10.0 Å². The van der Waals surface area contributed by atoms with E-state index in [0.29, 0.717) is 11.3 Å². The summed E-state index contributed by atoms with van der Waals surface area (Å²) in [7, 11) is -3.85. The smallest absolute Gasteiger partial charge is 0.269 e. The lowest BCUT2D eigenvalue weighted by atomic mass is 10.1. The molecular weight excluding hydrogens is 412 g/mol. The molecule has 0 atom stereocenters. The maximum Gasteiger partial charge on any atom is 0.269 e. The quantitative estimate of drug-likeness (QED) is 0.418. The number of sulfonamides is 1. The minimum absolute atomic E-state index is 0.0707. The molecular formula is C19H20N4O4S2. The molecule has 0 aliphatic rings. The largest absolute Gasteiger partial charge is 0.492 e. The summed E-state index contributed by atoms with van der Waals surface area (Å²) in [6.45, 7) is 4.07. The highest BCUT2D eigenvalue weighted by molar-refractivity contribution is 7.91. The van der Waals surface area contributed by atoms with Gasteiger partial charge in [0.1, 0.15) is 12.4 Å². The maximum atomic E-state index is 12.3. The molecule has 0 radical (unpaired) electrons. The lowest BCUT2D eigenvalue weighted by molar-refractivity contribution is 0.102. The second-order valence-corrected chi connectivity index (χ2v) is 9.12. The van der Waals surface area contributed by atoms with Gasteiger partial charge >= 0.3 is 0 Å². The molecule has 152 valence electrons. The first-order chi connectivity index (χ1) is 13.8. The minimum atomic E-state index is -3.85. The number of hydrogen-bond donors (Lipinski definition) is 2. The molecule has 10 heteroatoms. The van der Waals surface area contributed by atoms with Crippen LogP contribution in [0.5, 0.6) is 5.75 Å². The van der Waals surface area contributed by atoms with E-state index >= 15 is 0 Å². The predicted molar refractivity (Wildman–Crippen MR) is 111 cm³/mol.